The van der Waals surface area contributed by atoms with Crippen LogP contribution in [0.3, 0.4) is 0 Å². The summed E-state index contributed by atoms with van der Waals surface area (Å²) in [4.78, 5) is 8.46. The number of halogens is 2. The van der Waals surface area contributed by atoms with E-state index in [1.54, 1.807) is 0 Å². The lowest BCUT2D eigenvalue weighted by molar-refractivity contribution is 0.585. The molecule has 2 rings (SSSR count). The molecule has 0 saturated carbocycles. The van der Waals surface area contributed by atoms with Crippen molar-refractivity contribution in [3.63, 3.8) is 0 Å². The first kappa shape index (κ1) is 15.4. The van der Waals surface area contributed by atoms with Crippen LogP contribution in [-0.2, 0) is 6.42 Å². The number of nitrogens with one attached hydrogen (secondary N) is 1. The molecule has 21 heavy (non-hydrogen) atoms. The van der Waals surface area contributed by atoms with Crippen LogP contribution in [0.25, 0.3) is 11.3 Å². The second kappa shape index (κ2) is 7.11. The van der Waals surface area contributed by atoms with Crippen molar-refractivity contribution in [3.05, 3.63) is 41.7 Å². The lowest BCUT2D eigenvalue weighted by Gasteiger charge is -2.14. The topological polar surface area (TPSA) is 37.8 Å². The zero-order valence-corrected chi connectivity index (χ0v) is 12.3. The van der Waals surface area contributed by atoms with Crippen molar-refractivity contribution in [2.24, 2.45) is 0 Å². The normalized spacial score (nSPS) is 10.7. The van der Waals surface area contributed by atoms with Gasteiger partial charge in [0, 0.05) is 23.7 Å². The molecular weight excluding hydrogens is 272 g/mol. The zero-order chi connectivity index (χ0) is 15.2. The number of nitrogens with zero attached hydrogens (tertiary/aromatic N) is 2. The van der Waals surface area contributed by atoms with Crippen LogP contribution in [0, 0.1) is 11.6 Å². The summed E-state index contributed by atoms with van der Waals surface area (Å²) in [5.41, 5.74) is 1.71. The standard InChI is InChI=1S/C16H19F2N3/c1-3-5-13-15(12-7-6-11(17)9-14(12)18)20-10-21-16(13)19-8-4-2/h6-7,9-10H,3-5,8H2,1-2H3,(H,19,20,21). The molecule has 112 valence electrons. The first-order valence-corrected chi connectivity index (χ1v) is 7.20. The van der Waals surface area contributed by atoms with Gasteiger partial charge < -0.3 is 5.32 Å². The monoisotopic (exact) mass is 291 g/mol. The maximum atomic E-state index is 14.0. The van der Waals surface area contributed by atoms with Gasteiger partial charge in [-0.1, -0.05) is 20.3 Å². The SMILES string of the molecule is CCCNc1ncnc(-c2ccc(F)cc2F)c1CCC. The average Bonchev–Trinajstić information content (AvgIpc) is 2.47. The molecule has 0 unspecified atom stereocenters. The van der Waals surface area contributed by atoms with Gasteiger partial charge in [-0.3, -0.25) is 0 Å². The van der Waals surface area contributed by atoms with E-state index in [4.69, 9.17) is 0 Å². The van der Waals surface area contributed by atoms with Crippen molar-refractivity contribution < 1.29 is 8.78 Å². The Labute approximate surface area is 123 Å². The fraction of sp³-hybridized carbons (Fsp3) is 0.375. The van der Waals surface area contributed by atoms with E-state index in [2.05, 4.69) is 22.2 Å². The fourth-order valence-electron chi connectivity index (χ4n) is 2.21. The number of aromatic nitrogens is 2. The lowest BCUT2D eigenvalue weighted by Crippen LogP contribution is -2.08. The highest BCUT2D eigenvalue weighted by molar-refractivity contribution is 5.68. The Morgan fingerprint density at radius 2 is 1.90 bits per heavy atom. The molecule has 1 N–H and O–H groups in total. The molecule has 5 heteroatoms. The molecular formula is C16H19F2N3. The number of hydrogen-bond donors (Lipinski definition) is 1. The van der Waals surface area contributed by atoms with Crippen molar-refractivity contribution in [1.82, 2.24) is 9.97 Å². The van der Waals surface area contributed by atoms with Crippen LogP contribution in [0.15, 0.2) is 24.5 Å². The van der Waals surface area contributed by atoms with Crippen molar-refractivity contribution in [2.75, 3.05) is 11.9 Å². The first-order chi connectivity index (χ1) is 10.2. The van der Waals surface area contributed by atoms with Crippen molar-refractivity contribution in [3.8, 4) is 11.3 Å². The highest BCUT2D eigenvalue weighted by atomic mass is 19.1. The highest BCUT2D eigenvalue weighted by Gasteiger charge is 2.15. The maximum absolute atomic E-state index is 14.0. The molecule has 0 amide bonds. The molecule has 0 atom stereocenters. The van der Waals surface area contributed by atoms with Gasteiger partial charge in [0.15, 0.2) is 0 Å². The van der Waals surface area contributed by atoms with Crippen LogP contribution in [-0.4, -0.2) is 16.5 Å². The van der Waals surface area contributed by atoms with E-state index in [9.17, 15) is 8.78 Å². The smallest absolute Gasteiger partial charge is 0.135 e. The van der Waals surface area contributed by atoms with E-state index in [1.165, 1.54) is 18.5 Å². The summed E-state index contributed by atoms with van der Waals surface area (Å²) in [5.74, 6) is -0.466. The summed E-state index contributed by atoms with van der Waals surface area (Å²) >= 11 is 0. The predicted octanol–water partition coefficient (Wildman–Crippen LogP) is 4.20. The molecule has 0 aliphatic carbocycles. The predicted molar refractivity (Wildman–Crippen MR) is 80.2 cm³/mol. The molecule has 3 nitrogen and oxygen atoms in total. The van der Waals surface area contributed by atoms with E-state index in [-0.39, 0.29) is 0 Å². The van der Waals surface area contributed by atoms with Crippen LogP contribution in [0.1, 0.15) is 32.3 Å². The van der Waals surface area contributed by atoms with Gasteiger partial charge >= 0.3 is 0 Å². The number of hydrogen-bond acceptors (Lipinski definition) is 3. The number of rotatable bonds is 6. The van der Waals surface area contributed by atoms with Crippen molar-refractivity contribution >= 4 is 5.82 Å². The molecule has 0 aliphatic rings. The van der Waals surface area contributed by atoms with Gasteiger partial charge in [0.25, 0.3) is 0 Å². The second-order valence-corrected chi connectivity index (χ2v) is 4.85. The van der Waals surface area contributed by atoms with Gasteiger partial charge in [0.1, 0.15) is 23.8 Å². The Bertz CT molecular complexity index is 614. The summed E-state index contributed by atoms with van der Waals surface area (Å²) in [7, 11) is 0. The summed E-state index contributed by atoms with van der Waals surface area (Å²) in [5, 5.41) is 3.24. The minimum absolute atomic E-state index is 0.307. The van der Waals surface area contributed by atoms with E-state index in [0.717, 1.165) is 43.3 Å². The number of benzene rings is 1. The molecule has 2 aromatic rings. The molecule has 0 spiro atoms. The summed E-state index contributed by atoms with van der Waals surface area (Å²) < 4.78 is 27.1. The zero-order valence-electron chi connectivity index (χ0n) is 12.3. The van der Waals surface area contributed by atoms with Crippen molar-refractivity contribution in [1.29, 1.82) is 0 Å². The first-order valence-electron chi connectivity index (χ1n) is 7.20. The van der Waals surface area contributed by atoms with Gasteiger partial charge in [0.05, 0.1) is 5.69 Å². The summed E-state index contributed by atoms with van der Waals surface area (Å²) in [6.45, 7) is 4.90. The van der Waals surface area contributed by atoms with E-state index >= 15 is 0 Å². The van der Waals surface area contributed by atoms with Crippen LogP contribution in [0.4, 0.5) is 14.6 Å². The minimum atomic E-state index is -0.604. The van der Waals surface area contributed by atoms with E-state index < -0.39 is 11.6 Å². The Balaban J connectivity index is 2.51. The van der Waals surface area contributed by atoms with E-state index in [0.29, 0.717) is 11.3 Å². The molecule has 0 saturated heterocycles. The molecule has 0 bridgehead atoms. The average molecular weight is 291 g/mol. The minimum Gasteiger partial charge on any atom is -0.370 e. The van der Waals surface area contributed by atoms with Gasteiger partial charge in [-0.05, 0) is 25.0 Å². The molecule has 0 fully saturated rings. The van der Waals surface area contributed by atoms with Gasteiger partial charge in [-0.2, -0.15) is 0 Å². The fourth-order valence-corrected chi connectivity index (χ4v) is 2.21. The molecule has 0 radical (unpaired) electrons. The molecule has 0 aliphatic heterocycles. The van der Waals surface area contributed by atoms with Gasteiger partial charge in [-0.15, -0.1) is 0 Å². The van der Waals surface area contributed by atoms with Crippen molar-refractivity contribution in [2.45, 2.75) is 33.1 Å². The highest BCUT2D eigenvalue weighted by Crippen LogP contribution is 2.29. The number of anilines is 1. The quantitative estimate of drug-likeness (QED) is 0.867. The maximum Gasteiger partial charge on any atom is 0.135 e. The largest absolute Gasteiger partial charge is 0.370 e. The Kier molecular flexibility index (Phi) is 5.20. The lowest BCUT2D eigenvalue weighted by atomic mass is 10.0. The third-order valence-corrected chi connectivity index (χ3v) is 3.17. The second-order valence-electron chi connectivity index (χ2n) is 4.85. The van der Waals surface area contributed by atoms with Crippen LogP contribution < -0.4 is 5.32 Å². The third kappa shape index (κ3) is 3.54. The molecule has 1 heterocycles. The summed E-state index contributed by atoms with van der Waals surface area (Å²) in [6, 6.07) is 3.55. The summed E-state index contributed by atoms with van der Waals surface area (Å²) in [6.07, 6.45) is 4.01. The Morgan fingerprint density at radius 3 is 2.57 bits per heavy atom. The van der Waals surface area contributed by atoms with Gasteiger partial charge in [-0.25, -0.2) is 18.7 Å². The Morgan fingerprint density at radius 1 is 1.10 bits per heavy atom. The van der Waals surface area contributed by atoms with Crippen LogP contribution in [0.2, 0.25) is 0 Å². The third-order valence-electron chi connectivity index (χ3n) is 3.17. The van der Waals surface area contributed by atoms with E-state index in [1.807, 2.05) is 6.92 Å². The van der Waals surface area contributed by atoms with Gasteiger partial charge in [0.2, 0.25) is 0 Å². The van der Waals surface area contributed by atoms with Crippen LogP contribution in [0.5, 0.6) is 0 Å². The van der Waals surface area contributed by atoms with Crippen LogP contribution >= 0.6 is 0 Å². The molecule has 1 aromatic carbocycles. The Hall–Kier alpha value is -2.04. The molecule has 1 aromatic heterocycles.